The molecule has 0 fully saturated rings. The Bertz CT molecular complexity index is 95.0. The van der Waals surface area contributed by atoms with Gasteiger partial charge in [-0.3, -0.25) is 4.18 Å². The molecule has 4 heteroatoms. The predicted molar refractivity (Wildman–Crippen MR) is 37.0 cm³/mol. The molecule has 55 valence electrons. The molecule has 0 saturated carbocycles. The minimum absolute atomic E-state index is 0.413. The maximum Gasteiger partial charge on any atom is 0.252 e. The highest BCUT2D eigenvalue weighted by molar-refractivity contribution is 7.77. The van der Waals surface area contributed by atoms with E-state index in [1.54, 1.807) is 0 Å². The van der Waals surface area contributed by atoms with Crippen LogP contribution in [0.1, 0.15) is 13.8 Å². The molecule has 0 saturated heterocycles. The fraction of sp³-hybridized carbons (Fsp3) is 1.00. The summed E-state index contributed by atoms with van der Waals surface area (Å²) in [5.74, 6) is 0.413. The first-order valence-electron chi connectivity index (χ1n) is 2.81. The summed E-state index contributed by atoms with van der Waals surface area (Å²) in [5.41, 5.74) is 0. The van der Waals surface area contributed by atoms with Crippen LogP contribution in [0.25, 0.3) is 0 Å². The smallest absolute Gasteiger partial charge is 0.252 e. The van der Waals surface area contributed by atoms with Crippen molar-refractivity contribution in [3.8, 4) is 0 Å². The van der Waals surface area contributed by atoms with Crippen LogP contribution in [-0.2, 0) is 15.4 Å². The fourth-order valence-electron chi connectivity index (χ4n) is 0.247. The maximum absolute atomic E-state index is 10.4. The van der Waals surface area contributed by atoms with Crippen molar-refractivity contribution in [1.29, 1.82) is 0 Å². The third kappa shape index (κ3) is 5.95. The largest absolute Gasteiger partial charge is 0.277 e. The Hall–Kier alpha value is 0.0700. The van der Waals surface area contributed by atoms with E-state index in [0.29, 0.717) is 12.5 Å². The van der Waals surface area contributed by atoms with Gasteiger partial charge in [0.05, 0.1) is 6.61 Å². The SMILES string of the molecule is C[N]S(=O)OCC(C)C. The summed E-state index contributed by atoms with van der Waals surface area (Å²) >= 11 is -1.42. The molecule has 3 nitrogen and oxygen atoms in total. The Labute approximate surface area is 58.6 Å². The first kappa shape index (κ1) is 9.07. The summed E-state index contributed by atoms with van der Waals surface area (Å²) in [6, 6.07) is 0. The molecule has 0 aromatic rings. The van der Waals surface area contributed by atoms with Gasteiger partial charge in [-0.25, -0.2) is 4.21 Å². The summed E-state index contributed by atoms with van der Waals surface area (Å²) in [5, 5.41) is 0. The summed E-state index contributed by atoms with van der Waals surface area (Å²) in [4.78, 5) is 0. The van der Waals surface area contributed by atoms with Crippen LogP contribution in [0.4, 0.5) is 0 Å². The Morgan fingerprint density at radius 2 is 2.22 bits per heavy atom. The fourth-order valence-corrected chi connectivity index (χ4v) is 0.741. The standard InChI is InChI=1S/C5H12NO2S/c1-5(2)4-8-9(7)6-3/h5H,4H2,1-3H3. The molecule has 0 aliphatic rings. The normalized spacial score (nSPS) is 14.2. The highest BCUT2D eigenvalue weighted by Crippen LogP contribution is 1.93. The van der Waals surface area contributed by atoms with E-state index in [4.69, 9.17) is 4.18 Å². The van der Waals surface area contributed by atoms with E-state index >= 15 is 0 Å². The lowest BCUT2D eigenvalue weighted by molar-refractivity contribution is 0.293. The van der Waals surface area contributed by atoms with Gasteiger partial charge in [-0.1, -0.05) is 13.8 Å². The molecule has 1 atom stereocenters. The molecule has 0 bridgehead atoms. The average Bonchev–Trinajstić information content (AvgIpc) is 1.83. The second kappa shape index (κ2) is 4.90. The molecule has 9 heavy (non-hydrogen) atoms. The minimum Gasteiger partial charge on any atom is -0.277 e. The van der Waals surface area contributed by atoms with E-state index in [1.165, 1.54) is 7.05 Å². The van der Waals surface area contributed by atoms with E-state index in [-0.39, 0.29) is 0 Å². The van der Waals surface area contributed by atoms with Gasteiger partial charge in [0.15, 0.2) is 0 Å². The van der Waals surface area contributed by atoms with Gasteiger partial charge in [0.25, 0.3) is 11.3 Å². The van der Waals surface area contributed by atoms with E-state index < -0.39 is 11.3 Å². The van der Waals surface area contributed by atoms with Gasteiger partial charge in [0.1, 0.15) is 0 Å². The molecule has 1 radical (unpaired) electrons. The van der Waals surface area contributed by atoms with Crippen LogP contribution >= 0.6 is 0 Å². The number of hydrogen-bond acceptors (Lipinski definition) is 2. The Morgan fingerprint density at radius 1 is 1.67 bits per heavy atom. The number of rotatable bonds is 4. The van der Waals surface area contributed by atoms with Gasteiger partial charge in [-0.15, -0.1) is 4.72 Å². The van der Waals surface area contributed by atoms with Crippen molar-refractivity contribution in [3.05, 3.63) is 0 Å². The molecule has 1 unspecified atom stereocenters. The number of nitrogens with zero attached hydrogens (tertiary/aromatic N) is 1. The van der Waals surface area contributed by atoms with Crippen molar-refractivity contribution in [2.45, 2.75) is 13.8 Å². The van der Waals surface area contributed by atoms with Crippen molar-refractivity contribution in [2.75, 3.05) is 13.7 Å². The van der Waals surface area contributed by atoms with Crippen LogP contribution in [0.15, 0.2) is 0 Å². The molecule has 0 spiro atoms. The molecule has 0 N–H and O–H groups in total. The lowest BCUT2D eigenvalue weighted by Crippen LogP contribution is -2.10. The van der Waals surface area contributed by atoms with Crippen molar-refractivity contribution in [2.24, 2.45) is 5.92 Å². The lowest BCUT2D eigenvalue weighted by Gasteiger charge is -2.01. The molecule has 0 aliphatic heterocycles. The van der Waals surface area contributed by atoms with Gasteiger partial charge in [-0.2, -0.15) is 0 Å². The van der Waals surface area contributed by atoms with Gasteiger partial charge in [-0.05, 0) is 5.92 Å². The van der Waals surface area contributed by atoms with E-state index in [2.05, 4.69) is 4.72 Å². The van der Waals surface area contributed by atoms with Crippen molar-refractivity contribution < 1.29 is 8.39 Å². The van der Waals surface area contributed by atoms with Crippen molar-refractivity contribution in [3.63, 3.8) is 0 Å². The zero-order valence-corrected chi connectivity index (χ0v) is 6.77. The summed E-state index contributed by atoms with van der Waals surface area (Å²) < 4.78 is 18.6. The lowest BCUT2D eigenvalue weighted by atomic mass is 10.2. The van der Waals surface area contributed by atoms with E-state index in [9.17, 15) is 4.21 Å². The average molecular weight is 150 g/mol. The quantitative estimate of drug-likeness (QED) is 0.584. The highest BCUT2D eigenvalue weighted by atomic mass is 32.2. The third-order valence-electron chi connectivity index (χ3n) is 0.651. The molecule has 0 amide bonds. The van der Waals surface area contributed by atoms with Gasteiger partial charge in [0.2, 0.25) is 0 Å². The summed E-state index contributed by atoms with van der Waals surface area (Å²) in [7, 11) is 1.47. The second-order valence-electron chi connectivity index (χ2n) is 2.08. The molecular formula is C5H12NO2S. The van der Waals surface area contributed by atoms with Crippen LogP contribution in [0.3, 0.4) is 0 Å². The van der Waals surface area contributed by atoms with Crippen molar-refractivity contribution >= 4 is 11.3 Å². The second-order valence-corrected chi connectivity index (χ2v) is 3.11. The maximum atomic E-state index is 10.4. The Morgan fingerprint density at radius 3 is 2.56 bits per heavy atom. The molecule has 0 heterocycles. The number of hydrogen-bond donors (Lipinski definition) is 0. The molecule has 0 aliphatic carbocycles. The monoisotopic (exact) mass is 150 g/mol. The molecular weight excluding hydrogens is 138 g/mol. The first-order valence-corrected chi connectivity index (χ1v) is 3.85. The zero-order valence-electron chi connectivity index (χ0n) is 5.96. The van der Waals surface area contributed by atoms with Crippen LogP contribution in [-0.4, -0.2) is 17.9 Å². The molecule has 0 aromatic heterocycles. The highest BCUT2D eigenvalue weighted by Gasteiger charge is 1.98. The topological polar surface area (TPSA) is 40.4 Å². The molecule has 0 rings (SSSR count). The minimum atomic E-state index is -1.42. The Balaban J connectivity index is 3.17. The van der Waals surface area contributed by atoms with Crippen LogP contribution in [0.2, 0.25) is 0 Å². The van der Waals surface area contributed by atoms with Gasteiger partial charge in [0, 0.05) is 7.05 Å². The first-order chi connectivity index (χ1) is 4.16. The van der Waals surface area contributed by atoms with Gasteiger partial charge < -0.3 is 0 Å². The zero-order chi connectivity index (χ0) is 7.28. The van der Waals surface area contributed by atoms with Gasteiger partial charge >= 0.3 is 0 Å². The van der Waals surface area contributed by atoms with E-state index in [1.807, 2.05) is 13.8 Å². The summed E-state index contributed by atoms with van der Waals surface area (Å²) in [6.07, 6.45) is 0. The van der Waals surface area contributed by atoms with E-state index in [0.717, 1.165) is 0 Å². The van der Waals surface area contributed by atoms with Crippen LogP contribution < -0.4 is 4.72 Å². The predicted octanol–water partition coefficient (Wildman–Crippen LogP) is 0.472. The Kier molecular flexibility index (Phi) is 4.94. The van der Waals surface area contributed by atoms with Crippen molar-refractivity contribution in [1.82, 2.24) is 4.72 Å². The van der Waals surface area contributed by atoms with Crippen LogP contribution in [0.5, 0.6) is 0 Å². The third-order valence-corrected chi connectivity index (χ3v) is 1.29. The molecule has 0 aromatic carbocycles. The van der Waals surface area contributed by atoms with Crippen LogP contribution in [0, 0.1) is 5.92 Å². The summed E-state index contributed by atoms with van der Waals surface area (Å²) in [6.45, 7) is 4.49.